The van der Waals surface area contributed by atoms with Gasteiger partial charge in [0.25, 0.3) is 11.8 Å². The Morgan fingerprint density at radius 3 is 1.92 bits per heavy atom. The summed E-state index contributed by atoms with van der Waals surface area (Å²) in [7, 11) is 0. The second kappa shape index (κ2) is 7.50. The molecule has 0 heterocycles. The lowest BCUT2D eigenvalue weighted by molar-refractivity contribution is 0.0358. The highest BCUT2D eigenvalue weighted by Crippen LogP contribution is 2.17. The third kappa shape index (κ3) is 4.25. The number of carbonyl (C=O) groups is 2. The van der Waals surface area contributed by atoms with Crippen LogP contribution in [0.25, 0.3) is 0 Å². The summed E-state index contributed by atoms with van der Waals surface area (Å²) in [6, 6.07) is 16.5. The van der Waals surface area contributed by atoms with Crippen molar-refractivity contribution in [3.63, 3.8) is 0 Å². The molecule has 0 saturated carbocycles. The van der Waals surface area contributed by atoms with E-state index in [-0.39, 0.29) is 5.56 Å². The molecule has 1 N–H and O–H groups in total. The number of rotatable bonds is 2. The lowest BCUT2D eigenvalue weighted by Gasteiger charge is -2.35. The molecule has 2 aromatic carbocycles. The van der Waals surface area contributed by atoms with E-state index in [4.69, 9.17) is 10.5 Å². The maximum atomic E-state index is 12.9. The van der Waals surface area contributed by atoms with Gasteiger partial charge in [-0.15, -0.1) is 0 Å². The zero-order valence-corrected chi connectivity index (χ0v) is 14.8. The number of nitrogens with zero attached hydrogens (tertiary/aromatic N) is 3. The van der Waals surface area contributed by atoms with Crippen LogP contribution in [0, 0.1) is 22.7 Å². The molecule has 0 atom stereocenters. The van der Waals surface area contributed by atoms with Crippen LogP contribution in [-0.2, 0) is 0 Å². The van der Waals surface area contributed by atoms with E-state index >= 15 is 0 Å². The van der Waals surface area contributed by atoms with Gasteiger partial charge < -0.3 is 0 Å². The minimum Gasteiger partial charge on any atom is -0.267 e. The SMILES string of the molecule is CC(C)(C)N(NC(=O)c1cccc(C#N)c1)C(=O)c1cccc(C#N)c1. The Kier molecular flexibility index (Phi) is 5.39. The van der Waals surface area contributed by atoms with Gasteiger partial charge in [0.2, 0.25) is 0 Å². The summed E-state index contributed by atoms with van der Waals surface area (Å²) in [6.45, 7) is 5.35. The lowest BCUT2D eigenvalue weighted by atomic mass is 10.1. The van der Waals surface area contributed by atoms with Crippen molar-refractivity contribution >= 4 is 11.8 Å². The van der Waals surface area contributed by atoms with E-state index in [1.54, 1.807) is 57.2 Å². The summed E-state index contributed by atoms with van der Waals surface area (Å²) in [5.74, 6) is -0.929. The normalized spacial score (nSPS) is 10.3. The molecule has 0 aromatic heterocycles. The van der Waals surface area contributed by atoms with Gasteiger partial charge in [-0.3, -0.25) is 15.0 Å². The first-order chi connectivity index (χ1) is 12.3. The quantitative estimate of drug-likeness (QED) is 0.845. The second-order valence-corrected chi connectivity index (χ2v) is 6.64. The number of hydrazine groups is 1. The van der Waals surface area contributed by atoms with Crippen molar-refractivity contribution in [3.8, 4) is 12.1 Å². The molecule has 2 amide bonds. The van der Waals surface area contributed by atoms with Crippen LogP contribution in [0.4, 0.5) is 0 Å². The van der Waals surface area contributed by atoms with Crippen LogP contribution in [0.2, 0.25) is 0 Å². The summed E-state index contributed by atoms with van der Waals surface area (Å²) < 4.78 is 0. The molecule has 6 nitrogen and oxygen atoms in total. The highest BCUT2D eigenvalue weighted by Gasteiger charge is 2.29. The number of hydrogen-bond acceptors (Lipinski definition) is 4. The molecule has 130 valence electrons. The molecular weight excluding hydrogens is 328 g/mol. The maximum absolute atomic E-state index is 12.9. The number of nitriles is 2. The third-order valence-corrected chi connectivity index (χ3v) is 3.58. The molecule has 2 rings (SSSR count). The first kappa shape index (κ1) is 18.7. The summed E-state index contributed by atoms with van der Waals surface area (Å²) in [6.07, 6.45) is 0. The van der Waals surface area contributed by atoms with Gasteiger partial charge in [-0.05, 0) is 57.2 Å². The number of hydrogen-bond donors (Lipinski definition) is 1. The van der Waals surface area contributed by atoms with E-state index in [2.05, 4.69) is 5.43 Å². The van der Waals surface area contributed by atoms with Crippen molar-refractivity contribution in [2.45, 2.75) is 26.3 Å². The van der Waals surface area contributed by atoms with Crippen LogP contribution < -0.4 is 5.43 Å². The fourth-order valence-corrected chi connectivity index (χ4v) is 2.27. The minimum absolute atomic E-state index is 0.275. The van der Waals surface area contributed by atoms with Gasteiger partial charge in [0.1, 0.15) is 0 Å². The Bertz CT molecular complexity index is 930. The molecule has 0 aliphatic carbocycles. The Morgan fingerprint density at radius 2 is 1.42 bits per heavy atom. The molecule has 0 aliphatic heterocycles. The summed E-state index contributed by atoms with van der Waals surface area (Å²) in [5.41, 5.74) is 3.19. The highest BCUT2D eigenvalue weighted by atomic mass is 16.2. The van der Waals surface area contributed by atoms with Crippen molar-refractivity contribution in [1.29, 1.82) is 10.5 Å². The fourth-order valence-electron chi connectivity index (χ4n) is 2.27. The molecule has 6 heteroatoms. The Labute approximate surface area is 152 Å². The Hall–Kier alpha value is -3.64. The lowest BCUT2D eigenvalue weighted by Crippen LogP contribution is -2.55. The van der Waals surface area contributed by atoms with Gasteiger partial charge >= 0.3 is 0 Å². The molecule has 26 heavy (non-hydrogen) atoms. The molecule has 0 saturated heterocycles. The van der Waals surface area contributed by atoms with Crippen molar-refractivity contribution in [1.82, 2.24) is 10.4 Å². The van der Waals surface area contributed by atoms with E-state index in [0.29, 0.717) is 16.7 Å². The standard InChI is InChI=1S/C20H18N4O2/c1-20(2,3)24(19(26)17-9-5-7-15(11-17)13-22)23-18(25)16-8-4-6-14(10-16)12-21/h4-11H,1-3H3,(H,23,25). The topological polar surface area (TPSA) is 97.0 Å². The second-order valence-electron chi connectivity index (χ2n) is 6.64. The monoisotopic (exact) mass is 346 g/mol. The van der Waals surface area contributed by atoms with Crippen LogP contribution in [-0.4, -0.2) is 22.4 Å². The van der Waals surface area contributed by atoms with Crippen LogP contribution >= 0.6 is 0 Å². The Morgan fingerprint density at radius 1 is 0.923 bits per heavy atom. The van der Waals surface area contributed by atoms with Gasteiger partial charge in [-0.2, -0.15) is 10.5 Å². The summed E-state index contributed by atoms with van der Waals surface area (Å²) >= 11 is 0. The number of amides is 2. The predicted octanol–water partition coefficient (Wildman–Crippen LogP) is 3.02. The van der Waals surface area contributed by atoms with Gasteiger partial charge in [0.15, 0.2) is 0 Å². The predicted molar refractivity (Wildman–Crippen MR) is 95.7 cm³/mol. The molecule has 0 fully saturated rings. The molecule has 0 aliphatic rings. The van der Waals surface area contributed by atoms with Crippen molar-refractivity contribution in [2.75, 3.05) is 0 Å². The van der Waals surface area contributed by atoms with Gasteiger partial charge in [0, 0.05) is 11.1 Å². The molecule has 0 spiro atoms. The molecule has 0 radical (unpaired) electrons. The summed E-state index contributed by atoms with van der Waals surface area (Å²) in [5, 5.41) is 19.2. The first-order valence-electron chi connectivity index (χ1n) is 7.92. The van der Waals surface area contributed by atoms with Crippen molar-refractivity contribution in [2.24, 2.45) is 0 Å². The van der Waals surface area contributed by atoms with E-state index in [0.717, 1.165) is 0 Å². The van der Waals surface area contributed by atoms with Crippen LogP contribution in [0.5, 0.6) is 0 Å². The average molecular weight is 346 g/mol. The third-order valence-electron chi connectivity index (χ3n) is 3.58. The van der Waals surface area contributed by atoms with Crippen LogP contribution in [0.1, 0.15) is 52.6 Å². The smallest absolute Gasteiger partial charge is 0.267 e. The van der Waals surface area contributed by atoms with E-state index in [1.165, 1.54) is 17.1 Å². The number of carbonyl (C=O) groups excluding carboxylic acids is 2. The Balaban J connectivity index is 2.33. The van der Waals surface area contributed by atoms with Crippen molar-refractivity contribution in [3.05, 3.63) is 70.8 Å². The van der Waals surface area contributed by atoms with E-state index in [9.17, 15) is 9.59 Å². The first-order valence-corrected chi connectivity index (χ1v) is 7.92. The molecule has 0 bridgehead atoms. The molecular formula is C20H18N4O2. The zero-order valence-electron chi connectivity index (χ0n) is 14.8. The van der Waals surface area contributed by atoms with E-state index < -0.39 is 17.4 Å². The fraction of sp³-hybridized carbons (Fsp3) is 0.200. The number of benzene rings is 2. The minimum atomic E-state index is -0.706. The average Bonchev–Trinajstić information content (AvgIpc) is 2.64. The van der Waals surface area contributed by atoms with Crippen LogP contribution in [0.3, 0.4) is 0 Å². The van der Waals surface area contributed by atoms with Crippen LogP contribution in [0.15, 0.2) is 48.5 Å². The van der Waals surface area contributed by atoms with E-state index in [1.807, 2.05) is 12.1 Å². The van der Waals surface area contributed by atoms with Gasteiger partial charge in [0.05, 0.1) is 28.8 Å². The zero-order chi connectivity index (χ0) is 19.3. The highest BCUT2D eigenvalue weighted by molar-refractivity contribution is 5.99. The molecule has 2 aromatic rings. The van der Waals surface area contributed by atoms with Crippen molar-refractivity contribution < 1.29 is 9.59 Å². The van der Waals surface area contributed by atoms with Gasteiger partial charge in [-0.25, -0.2) is 5.01 Å². The van der Waals surface area contributed by atoms with Gasteiger partial charge in [-0.1, -0.05) is 12.1 Å². The summed E-state index contributed by atoms with van der Waals surface area (Å²) in [4.78, 5) is 25.5. The maximum Gasteiger partial charge on any atom is 0.272 e. The largest absolute Gasteiger partial charge is 0.272 e. The number of nitrogens with one attached hydrogen (secondary N) is 1. The molecule has 0 unspecified atom stereocenters.